The van der Waals surface area contributed by atoms with Crippen LogP contribution in [0.15, 0.2) is 0 Å². The van der Waals surface area contributed by atoms with Gasteiger partial charge in [0.2, 0.25) is 0 Å². The molecule has 1 heteroatoms. The highest BCUT2D eigenvalue weighted by Crippen LogP contribution is 2.37. The van der Waals surface area contributed by atoms with E-state index in [1.807, 2.05) is 0 Å². The van der Waals surface area contributed by atoms with E-state index < -0.39 is 5.60 Å². The second-order valence-corrected chi connectivity index (χ2v) is 11.2. The molecule has 0 amide bonds. The van der Waals surface area contributed by atoms with E-state index >= 15 is 0 Å². The number of unbranched alkanes of at least 4 members (excludes halogenated alkanes) is 18. The molecule has 0 aromatic heterocycles. The van der Waals surface area contributed by atoms with Gasteiger partial charge in [-0.25, -0.2) is 0 Å². The third-order valence-corrected chi connectivity index (χ3v) is 8.00. The van der Waals surface area contributed by atoms with Gasteiger partial charge in [0.1, 0.15) is 0 Å². The second kappa shape index (κ2) is 25.1. The van der Waals surface area contributed by atoms with Crippen LogP contribution in [0.1, 0.15) is 195 Å². The average Bonchev–Trinajstić information content (AvgIpc) is 2.82. The normalized spacial score (nSPS) is 14.5. The predicted octanol–water partition coefficient (Wildman–Crippen LogP) is 11.6. The molecular weight excluding hydrogens is 400 g/mol. The third kappa shape index (κ3) is 19.9. The van der Waals surface area contributed by atoms with Crippen LogP contribution < -0.4 is 0 Å². The Bertz CT molecular complexity index is 366. The van der Waals surface area contributed by atoms with Crippen molar-refractivity contribution >= 4 is 0 Å². The van der Waals surface area contributed by atoms with Gasteiger partial charge in [0.15, 0.2) is 0 Å². The molecule has 0 rings (SSSR count). The van der Waals surface area contributed by atoms with Gasteiger partial charge in [0.25, 0.3) is 0 Å². The van der Waals surface area contributed by atoms with E-state index in [-0.39, 0.29) is 0 Å². The van der Waals surface area contributed by atoms with Crippen molar-refractivity contribution in [1.29, 1.82) is 0 Å². The predicted molar refractivity (Wildman–Crippen MR) is 151 cm³/mol. The van der Waals surface area contributed by atoms with Gasteiger partial charge in [-0.05, 0) is 31.6 Å². The molecule has 0 aliphatic carbocycles. The minimum Gasteiger partial charge on any atom is -0.390 e. The molecule has 0 bridgehead atoms. The van der Waals surface area contributed by atoms with E-state index in [0.29, 0.717) is 5.92 Å². The molecule has 0 saturated carbocycles. The summed E-state index contributed by atoms with van der Waals surface area (Å²) >= 11 is 0. The monoisotopic (exact) mass is 467 g/mol. The van der Waals surface area contributed by atoms with Gasteiger partial charge in [-0.1, -0.05) is 169 Å². The van der Waals surface area contributed by atoms with E-state index in [9.17, 15) is 5.11 Å². The summed E-state index contributed by atoms with van der Waals surface area (Å²) in [5.41, 5.74) is -0.397. The fourth-order valence-electron chi connectivity index (χ4n) is 5.63. The number of rotatable bonds is 27. The van der Waals surface area contributed by atoms with Crippen LogP contribution in [0, 0.1) is 5.92 Å². The molecule has 0 aliphatic rings. The molecule has 2 atom stereocenters. The molecule has 2 unspecified atom stereocenters. The maximum atomic E-state index is 12.0. The van der Waals surface area contributed by atoms with Crippen molar-refractivity contribution in [2.45, 2.75) is 200 Å². The van der Waals surface area contributed by atoms with Crippen molar-refractivity contribution in [3.8, 4) is 0 Å². The maximum Gasteiger partial charge on any atom is 0.0675 e. The van der Waals surface area contributed by atoms with Gasteiger partial charge in [0, 0.05) is 0 Å². The minimum absolute atomic E-state index is 0.397. The summed E-state index contributed by atoms with van der Waals surface area (Å²) < 4.78 is 0. The highest BCUT2D eigenvalue weighted by molar-refractivity contribution is 4.87. The summed E-state index contributed by atoms with van der Waals surface area (Å²) in [6, 6.07) is 0. The van der Waals surface area contributed by atoms with Crippen molar-refractivity contribution in [2.75, 3.05) is 0 Å². The van der Waals surface area contributed by atoms with Gasteiger partial charge in [-0.15, -0.1) is 0 Å². The first-order valence-electron chi connectivity index (χ1n) is 15.9. The van der Waals surface area contributed by atoms with Gasteiger partial charge in [-0.3, -0.25) is 0 Å². The molecule has 200 valence electrons. The third-order valence-electron chi connectivity index (χ3n) is 8.00. The van der Waals surface area contributed by atoms with E-state index in [2.05, 4.69) is 27.7 Å². The van der Waals surface area contributed by atoms with Gasteiger partial charge in [-0.2, -0.15) is 0 Å². The van der Waals surface area contributed by atoms with Crippen molar-refractivity contribution in [1.82, 2.24) is 0 Å². The van der Waals surface area contributed by atoms with E-state index in [1.165, 1.54) is 154 Å². The average molecular weight is 467 g/mol. The lowest BCUT2D eigenvalue weighted by Gasteiger charge is -2.37. The molecule has 1 N–H and O–H groups in total. The highest BCUT2D eigenvalue weighted by Gasteiger charge is 2.34. The van der Waals surface area contributed by atoms with Gasteiger partial charge in [0.05, 0.1) is 5.60 Å². The molecule has 0 radical (unpaired) electrons. The Morgan fingerprint density at radius 1 is 0.394 bits per heavy atom. The Labute approximate surface area is 211 Å². The van der Waals surface area contributed by atoms with E-state index in [4.69, 9.17) is 0 Å². The van der Waals surface area contributed by atoms with Crippen LogP contribution in [0.25, 0.3) is 0 Å². The standard InChI is InChI=1S/C32H66O/c1-5-9-13-17-19-20-22-26-30-32(33,29-25-16-12-8-4)31(27-23-15-11-7-3)28-24-21-18-14-10-6-2/h31,33H,5-30H2,1-4H3. The first kappa shape index (κ1) is 33.0. The van der Waals surface area contributed by atoms with Crippen LogP contribution >= 0.6 is 0 Å². The minimum atomic E-state index is -0.397. The van der Waals surface area contributed by atoms with Crippen LogP contribution in [0.5, 0.6) is 0 Å². The zero-order chi connectivity index (χ0) is 24.5. The molecule has 1 nitrogen and oxygen atoms in total. The molecular formula is C32H66O. The molecule has 0 spiro atoms. The number of aliphatic hydroxyl groups is 1. The summed E-state index contributed by atoms with van der Waals surface area (Å²) in [6.07, 6.45) is 34.2. The summed E-state index contributed by atoms with van der Waals surface area (Å²) in [4.78, 5) is 0. The summed E-state index contributed by atoms with van der Waals surface area (Å²) in [6.45, 7) is 9.20. The Morgan fingerprint density at radius 2 is 0.667 bits per heavy atom. The maximum absolute atomic E-state index is 12.0. The van der Waals surface area contributed by atoms with Crippen LogP contribution in [0.3, 0.4) is 0 Å². The van der Waals surface area contributed by atoms with Crippen molar-refractivity contribution in [3.63, 3.8) is 0 Å². The number of hydrogen-bond acceptors (Lipinski definition) is 1. The second-order valence-electron chi connectivity index (χ2n) is 11.2. The first-order valence-corrected chi connectivity index (χ1v) is 15.9. The van der Waals surface area contributed by atoms with Crippen LogP contribution in [-0.4, -0.2) is 10.7 Å². The number of hydrogen-bond donors (Lipinski definition) is 1. The zero-order valence-corrected chi connectivity index (χ0v) is 23.9. The fraction of sp³-hybridized carbons (Fsp3) is 1.00. The lowest BCUT2D eigenvalue weighted by molar-refractivity contribution is -0.0456. The smallest absolute Gasteiger partial charge is 0.0675 e. The largest absolute Gasteiger partial charge is 0.390 e. The topological polar surface area (TPSA) is 20.2 Å². The Balaban J connectivity index is 4.76. The van der Waals surface area contributed by atoms with Gasteiger partial charge >= 0.3 is 0 Å². The highest BCUT2D eigenvalue weighted by atomic mass is 16.3. The summed E-state index contributed by atoms with van der Waals surface area (Å²) in [5.74, 6) is 0.534. The molecule has 0 heterocycles. The van der Waals surface area contributed by atoms with E-state index in [0.717, 1.165) is 12.8 Å². The Morgan fingerprint density at radius 3 is 1.06 bits per heavy atom. The quantitative estimate of drug-likeness (QED) is 0.119. The summed E-state index contributed by atoms with van der Waals surface area (Å²) in [7, 11) is 0. The van der Waals surface area contributed by atoms with Crippen molar-refractivity contribution in [3.05, 3.63) is 0 Å². The lowest BCUT2D eigenvalue weighted by Crippen LogP contribution is -2.38. The Kier molecular flexibility index (Phi) is 25.0. The van der Waals surface area contributed by atoms with Gasteiger partial charge < -0.3 is 5.11 Å². The Hall–Kier alpha value is -0.0400. The first-order chi connectivity index (χ1) is 16.1. The van der Waals surface area contributed by atoms with Crippen LogP contribution in [0.4, 0.5) is 0 Å². The molecule has 0 aromatic carbocycles. The molecule has 0 aliphatic heterocycles. The molecule has 0 fully saturated rings. The van der Waals surface area contributed by atoms with Crippen molar-refractivity contribution < 1.29 is 5.11 Å². The molecule has 33 heavy (non-hydrogen) atoms. The van der Waals surface area contributed by atoms with Crippen LogP contribution in [0.2, 0.25) is 0 Å². The van der Waals surface area contributed by atoms with Crippen molar-refractivity contribution in [2.24, 2.45) is 5.92 Å². The fourth-order valence-corrected chi connectivity index (χ4v) is 5.63. The SMILES string of the molecule is CCCCCCCCCCC(O)(CCCCCC)C(CCCCCC)CCCCCCCC. The lowest BCUT2D eigenvalue weighted by atomic mass is 9.74. The molecule has 0 aromatic rings. The summed E-state index contributed by atoms with van der Waals surface area (Å²) in [5, 5.41) is 12.0. The van der Waals surface area contributed by atoms with E-state index in [1.54, 1.807) is 0 Å². The molecule has 0 saturated heterocycles. The van der Waals surface area contributed by atoms with Crippen LogP contribution in [-0.2, 0) is 0 Å². The zero-order valence-electron chi connectivity index (χ0n) is 23.9.